The minimum Gasteiger partial charge on any atom is -0.330 e. The first kappa shape index (κ1) is 22.6. The molecule has 1 atom stereocenters. The number of nitrogens with zero attached hydrogens (tertiary/aromatic N) is 3. The van der Waals surface area contributed by atoms with Gasteiger partial charge in [-0.25, -0.2) is 17.9 Å². The zero-order chi connectivity index (χ0) is 24.0. The third kappa shape index (κ3) is 4.22. The maximum Gasteiger partial charge on any atom is 0.276 e. The van der Waals surface area contributed by atoms with Crippen LogP contribution in [0.4, 0.5) is 5.69 Å². The summed E-state index contributed by atoms with van der Waals surface area (Å²) in [6.45, 7) is 2.41. The van der Waals surface area contributed by atoms with Gasteiger partial charge in [0.05, 0.1) is 34.9 Å². The van der Waals surface area contributed by atoms with Crippen LogP contribution in [-0.2, 0) is 22.9 Å². The Hall–Kier alpha value is -3.14. The van der Waals surface area contributed by atoms with E-state index in [1.165, 1.54) is 4.52 Å². The number of amides is 1. The highest BCUT2D eigenvalue weighted by Gasteiger charge is 2.32. The molecule has 1 amide bonds. The molecule has 1 aliphatic carbocycles. The SMILES string of the molecule is Cc1ccc(NS(C)(=O)=O)c(C(=O)N2CCCCC2c2cc3nc4c(c(=O)n3[nH]2)CCCC4)c1. The Bertz CT molecular complexity index is 1440. The number of carbonyl (C=O) groups is 1. The number of aryl methyl sites for hydroxylation is 2. The van der Waals surface area contributed by atoms with Crippen molar-refractivity contribution in [1.82, 2.24) is 19.5 Å². The number of carbonyl (C=O) groups excluding carboxylic acids is 1. The number of hydrogen-bond donors (Lipinski definition) is 2. The van der Waals surface area contributed by atoms with Crippen LogP contribution in [0.2, 0.25) is 0 Å². The molecule has 0 saturated carbocycles. The molecule has 10 heteroatoms. The molecule has 2 aromatic heterocycles. The second-order valence-corrected chi connectivity index (χ2v) is 11.1. The average Bonchev–Trinajstić information content (AvgIpc) is 3.23. The Morgan fingerprint density at radius 3 is 2.74 bits per heavy atom. The van der Waals surface area contributed by atoms with Crippen LogP contribution in [0, 0.1) is 6.92 Å². The van der Waals surface area contributed by atoms with E-state index in [9.17, 15) is 18.0 Å². The Balaban J connectivity index is 1.54. The highest BCUT2D eigenvalue weighted by Crippen LogP contribution is 2.33. The minimum absolute atomic E-state index is 0.0574. The fraction of sp³-hybridized carbons (Fsp3) is 0.458. The topological polar surface area (TPSA) is 117 Å². The second-order valence-electron chi connectivity index (χ2n) is 9.39. The molecule has 180 valence electrons. The molecule has 1 aromatic carbocycles. The normalized spacial score (nSPS) is 18.6. The molecule has 5 rings (SSSR count). The number of likely N-dealkylation sites (tertiary alicyclic amines) is 1. The summed E-state index contributed by atoms with van der Waals surface area (Å²) < 4.78 is 27.7. The first-order chi connectivity index (χ1) is 16.2. The summed E-state index contributed by atoms with van der Waals surface area (Å²) in [6, 6.07) is 6.73. The number of anilines is 1. The third-order valence-electron chi connectivity index (χ3n) is 6.73. The molecule has 1 fully saturated rings. The van der Waals surface area contributed by atoms with E-state index in [2.05, 4.69) is 9.82 Å². The predicted octanol–water partition coefficient (Wildman–Crippen LogP) is 2.95. The van der Waals surface area contributed by atoms with E-state index in [1.54, 1.807) is 23.1 Å². The minimum atomic E-state index is -3.55. The smallest absolute Gasteiger partial charge is 0.276 e. The molecule has 3 aromatic rings. The number of sulfonamides is 1. The highest BCUT2D eigenvalue weighted by atomic mass is 32.2. The molecule has 1 saturated heterocycles. The van der Waals surface area contributed by atoms with Crippen LogP contribution in [0.15, 0.2) is 29.1 Å². The van der Waals surface area contributed by atoms with Crippen molar-refractivity contribution in [2.45, 2.75) is 57.9 Å². The van der Waals surface area contributed by atoms with Crippen molar-refractivity contribution in [2.75, 3.05) is 17.5 Å². The molecule has 0 bridgehead atoms. The van der Waals surface area contributed by atoms with Crippen molar-refractivity contribution in [1.29, 1.82) is 0 Å². The van der Waals surface area contributed by atoms with Crippen molar-refractivity contribution in [3.05, 3.63) is 62.7 Å². The van der Waals surface area contributed by atoms with Gasteiger partial charge in [-0.15, -0.1) is 0 Å². The van der Waals surface area contributed by atoms with E-state index < -0.39 is 10.0 Å². The highest BCUT2D eigenvalue weighted by molar-refractivity contribution is 7.92. The zero-order valence-corrected chi connectivity index (χ0v) is 20.2. The number of aromatic nitrogens is 3. The second kappa shape index (κ2) is 8.57. The molecule has 9 nitrogen and oxygen atoms in total. The van der Waals surface area contributed by atoms with Gasteiger partial charge in [0.2, 0.25) is 10.0 Å². The van der Waals surface area contributed by atoms with Gasteiger partial charge < -0.3 is 4.90 Å². The van der Waals surface area contributed by atoms with Gasteiger partial charge in [0.1, 0.15) is 0 Å². The van der Waals surface area contributed by atoms with Gasteiger partial charge in [-0.1, -0.05) is 11.6 Å². The average molecular weight is 484 g/mol. The Labute approximate surface area is 198 Å². The summed E-state index contributed by atoms with van der Waals surface area (Å²) in [4.78, 5) is 33.3. The molecule has 2 aliphatic rings. The van der Waals surface area contributed by atoms with E-state index in [0.29, 0.717) is 17.8 Å². The molecular formula is C24H29N5O4S. The molecule has 2 N–H and O–H groups in total. The van der Waals surface area contributed by atoms with Crippen molar-refractivity contribution in [3.63, 3.8) is 0 Å². The lowest BCUT2D eigenvalue weighted by Crippen LogP contribution is -2.39. The van der Waals surface area contributed by atoms with Crippen LogP contribution in [0.3, 0.4) is 0 Å². The van der Waals surface area contributed by atoms with Crippen LogP contribution in [-0.4, -0.2) is 46.6 Å². The standard InChI is InChI=1S/C24H29N5O4S/c1-15-10-11-19(27-34(2,32)33)17(13-15)23(30)28-12-6-5-9-21(28)20-14-22-25-18-8-4-3-7-16(18)24(31)29(22)26-20/h10-11,13-14,21,26-27H,3-9,12H2,1-2H3. The van der Waals surface area contributed by atoms with Gasteiger partial charge in [-0.2, -0.15) is 0 Å². The number of piperidine rings is 1. The number of H-pyrrole nitrogens is 1. The van der Waals surface area contributed by atoms with Crippen LogP contribution in [0.5, 0.6) is 0 Å². The fourth-order valence-electron chi connectivity index (χ4n) is 5.12. The lowest BCUT2D eigenvalue weighted by atomic mass is 9.97. The van der Waals surface area contributed by atoms with Gasteiger partial charge in [0.25, 0.3) is 11.5 Å². The number of aromatic amines is 1. The molecule has 0 spiro atoms. The van der Waals surface area contributed by atoms with E-state index in [-0.39, 0.29) is 23.2 Å². The maximum absolute atomic E-state index is 13.7. The summed E-state index contributed by atoms with van der Waals surface area (Å²) in [5.74, 6) is -0.238. The number of benzene rings is 1. The predicted molar refractivity (Wildman–Crippen MR) is 130 cm³/mol. The monoisotopic (exact) mass is 483 g/mol. The molecule has 0 radical (unpaired) electrons. The first-order valence-electron chi connectivity index (χ1n) is 11.7. The summed E-state index contributed by atoms with van der Waals surface area (Å²) in [6.07, 6.45) is 7.22. The van der Waals surface area contributed by atoms with Crippen molar-refractivity contribution in [3.8, 4) is 0 Å². The maximum atomic E-state index is 13.7. The van der Waals surface area contributed by atoms with Crippen molar-refractivity contribution < 1.29 is 13.2 Å². The third-order valence-corrected chi connectivity index (χ3v) is 7.32. The molecule has 34 heavy (non-hydrogen) atoms. The zero-order valence-electron chi connectivity index (χ0n) is 19.4. The molecule has 3 heterocycles. The van der Waals surface area contributed by atoms with Crippen LogP contribution < -0.4 is 10.3 Å². The van der Waals surface area contributed by atoms with E-state index in [0.717, 1.165) is 73.7 Å². The Morgan fingerprint density at radius 1 is 1.15 bits per heavy atom. The van der Waals surface area contributed by atoms with Crippen LogP contribution >= 0.6 is 0 Å². The Morgan fingerprint density at radius 2 is 1.94 bits per heavy atom. The number of hydrogen-bond acceptors (Lipinski definition) is 5. The van der Waals surface area contributed by atoms with Crippen molar-refractivity contribution >= 4 is 27.3 Å². The quantitative estimate of drug-likeness (QED) is 0.592. The molecule has 1 aliphatic heterocycles. The summed E-state index contributed by atoms with van der Waals surface area (Å²) in [7, 11) is -3.55. The summed E-state index contributed by atoms with van der Waals surface area (Å²) in [5, 5.41) is 3.22. The van der Waals surface area contributed by atoms with Gasteiger partial charge in [-0.3, -0.25) is 19.4 Å². The molecular weight excluding hydrogens is 454 g/mol. The summed E-state index contributed by atoms with van der Waals surface area (Å²) in [5.41, 5.74) is 4.41. The van der Waals surface area contributed by atoms with Gasteiger partial charge >= 0.3 is 0 Å². The molecule has 1 unspecified atom stereocenters. The van der Waals surface area contributed by atoms with Gasteiger partial charge in [-0.05, 0) is 64.0 Å². The summed E-state index contributed by atoms with van der Waals surface area (Å²) >= 11 is 0. The van der Waals surface area contributed by atoms with E-state index >= 15 is 0 Å². The fourth-order valence-corrected chi connectivity index (χ4v) is 5.70. The van der Waals surface area contributed by atoms with Gasteiger partial charge in [0, 0.05) is 18.2 Å². The van der Waals surface area contributed by atoms with Crippen molar-refractivity contribution in [2.24, 2.45) is 0 Å². The Kier molecular flexibility index (Phi) is 5.71. The van der Waals surface area contributed by atoms with Crippen LogP contribution in [0.25, 0.3) is 5.65 Å². The first-order valence-corrected chi connectivity index (χ1v) is 13.6. The van der Waals surface area contributed by atoms with E-state index in [4.69, 9.17) is 4.98 Å². The number of fused-ring (bicyclic) bond motifs is 2. The lowest BCUT2D eigenvalue weighted by Gasteiger charge is -2.35. The van der Waals surface area contributed by atoms with Crippen LogP contribution in [0.1, 0.15) is 71.0 Å². The number of nitrogens with one attached hydrogen (secondary N) is 2. The number of rotatable bonds is 4. The lowest BCUT2D eigenvalue weighted by molar-refractivity contribution is 0.0606. The van der Waals surface area contributed by atoms with Gasteiger partial charge in [0.15, 0.2) is 5.65 Å². The largest absolute Gasteiger partial charge is 0.330 e. The van der Waals surface area contributed by atoms with E-state index in [1.807, 2.05) is 13.0 Å².